The van der Waals surface area contributed by atoms with E-state index in [2.05, 4.69) is 10.5 Å². The molecule has 0 aliphatic rings. The molecule has 2 rings (SSSR count). The summed E-state index contributed by atoms with van der Waals surface area (Å²) in [6.07, 6.45) is 0. The number of benzene rings is 1. The molecule has 0 atom stereocenters. The molecule has 1 N–H and O–H groups in total. The fraction of sp³-hybridized carbons (Fsp3) is 0.267. The third kappa shape index (κ3) is 3.92. The number of nitrogens with zero attached hydrogens (tertiary/aromatic N) is 2. The molecule has 0 saturated heterocycles. The van der Waals surface area contributed by atoms with Crippen molar-refractivity contribution in [2.75, 3.05) is 11.9 Å². The van der Waals surface area contributed by atoms with Crippen LogP contribution in [0, 0.1) is 6.92 Å². The number of hydrogen-bond acceptors (Lipinski definition) is 4. The van der Waals surface area contributed by atoms with Crippen LogP contribution in [-0.4, -0.2) is 28.4 Å². The number of carbonyl (C=O) groups is 2. The smallest absolute Gasteiger partial charge is 0.315 e. The standard InChI is InChI=1S/C15H17N3O3/c1-3-18(10-12-7-5-4-6-8-12)15(20)14(19)16-13-9-11(2)21-17-13/h4-9H,3,10H2,1-2H3,(H,16,17,19). The highest BCUT2D eigenvalue weighted by Crippen LogP contribution is 2.09. The van der Waals surface area contributed by atoms with Crippen LogP contribution >= 0.6 is 0 Å². The zero-order chi connectivity index (χ0) is 15.2. The van der Waals surface area contributed by atoms with Crippen molar-refractivity contribution in [2.45, 2.75) is 20.4 Å². The maximum absolute atomic E-state index is 12.1. The highest BCUT2D eigenvalue weighted by atomic mass is 16.5. The highest BCUT2D eigenvalue weighted by molar-refractivity contribution is 6.39. The van der Waals surface area contributed by atoms with Gasteiger partial charge in [0.15, 0.2) is 5.82 Å². The Labute approximate surface area is 122 Å². The molecule has 0 bridgehead atoms. The summed E-state index contributed by atoms with van der Waals surface area (Å²) in [5, 5.41) is 6.06. The Morgan fingerprint density at radius 2 is 2.00 bits per heavy atom. The number of nitrogens with one attached hydrogen (secondary N) is 1. The van der Waals surface area contributed by atoms with Crippen molar-refractivity contribution in [3.8, 4) is 0 Å². The quantitative estimate of drug-likeness (QED) is 0.872. The minimum absolute atomic E-state index is 0.238. The Kier molecular flexibility index (Phi) is 4.71. The van der Waals surface area contributed by atoms with E-state index in [1.54, 1.807) is 13.0 Å². The molecule has 0 aliphatic heterocycles. The molecule has 6 heteroatoms. The van der Waals surface area contributed by atoms with E-state index in [9.17, 15) is 9.59 Å². The molecule has 0 saturated carbocycles. The van der Waals surface area contributed by atoms with E-state index in [4.69, 9.17) is 4.52 Å². The Hall–Kier alpha value is -2.63. The summed E-state index contributed by atoms with van der Waals surface area (Å²) in [7, 11) is 0. The van der Waals surface area contributed by atoms with E-state index < -0.39 is 11.8 Å². The average molecular weight is 287 g/mol. The third-order valence-electron chi connectivity index (χ3n) is 2.95. The number of amides is 2. The summed E-state index contributed by atoms with van der Waals surface area (Å²) in [6.45, 7) is 4.37. The first-order chi connectivity index (χ1) is 10.1. The van der Waals surface area contributed by atoms with Gasteiger partial charge in [0, 0.05) is 19.2 Å². The van der Waals surface area contributed by atoms with Gasteiger partial charge in [0.1, 0.15) is 5.76 Å². The van der Waals surface area contributed by atoms with Crippen molar-refractivity contribution in [1.29, 1.82) is 0 Å². The zero-order valence-corrected chi connectivity index (χ0v) is 12.0. The monoisotopic (exact) mass is 287 g/mol. The van der Waals surface area contributed by atoms with Gasteiger partial charge in [0.25, 0.3) is 0 Å². The molecule has 1 aromatic carbocycles. The predicted molar refractivity (Wildman–Crippen MR) is 77.4 cm³/mol. The van der Waals surface area contributed by atoms with Gasteiger partial charge in [-0.05, 0) is 19.4 Å². The predicted octanol–water partition coefficient (Wildman–Crippen LogP) is 1.97. The van der Waals surface area contributed by atoms with Crippen LogP contribution in [0.1, 0.15) is 18.2 Å². The van der Waals surface area contributed by atoms with E-state index in [1.807, 2.05) is 37.3 Å². The Bertz CT molecular complexity index is 622. The van der Waals surface area contributed by atoms with E-state index in [-0.39, 0.29) is 5.82 Å². The molecule has 0 unspecified atom stereocenters. The molecule has 21 heavy (non-hydrogen) atoms. The second-order valence-electron chi connectivity index (χ2n) is 4.58. The van der Waals surface area contributed by atoms with Gasteiger partial charge in [0.05, 0.1) is 0 Å². The SMILES string of the molecule is CCN(Cc1ccccc1)C(=O)C(=O)Nc1cc(C)on1. The summed E-state index contributed by atoms with van der Waals surface area (Å²) >= 11 is 0. The van der Waals surface area contributed by atoms with Crippen LogP contribution < -0.4 is 5.32 Å². The van der Waals surface area contributed by atoms with Crippen molar-refractivity contribution in [3.63, 3.8) is 0 Å². The lowest BCUT2D eigenvalue weighted by Crippen LogP contribution is -2.39. The second kappa shape index (κ2) is 6.69. The number of aryl methyl sites for hydroxylation is 1. The van der Waals surface area contributed by atoms with E-state index in [1.165, 1.54) is 4.90 Å². The van der Waals surface area contributed by atoms with Crippen LogP contribution in [0.2, 0.25) is 0 Å². The fourth-order valence-corrected chi connectivity index (χ4v) is 1.87. The van der Waals surface area contributed by atoms with Crippen molar-refractivity contribution in [2.24, 2.45) is 0 Å². The first-order valence-corrected chi connectivity index (χ1v) is 6.67. The van der Waals surface area contributed by atoms with Crippen molar-refractivity contribution in [1.82, 2.24) is 10.1 Å². The molecular weight excluding hydrogens is 270 g/mol. The van der Waals surface area contributed by atoms with Crippen LogP contribution in [0.15, 0.2) is 40.9 Å². The van der Waals surface area contributed by atoms with Crippen LogP contribution in [0.25, 0.3) is 0 Å². The third-order valence-corrected chi connectivity index (χ3v) is 2.95. The number of anilines is 1. The highest BCUT2D eigenvalue weighted by Gasteiger charge is 2.21. The Balaban J connectivity index is 2.00. The van der Waals surface area contributed by atoms with Gasteiger partial charge in [-0.3, -0.25) is 14.9 Å². The second-order valence-corrected chi connectivity index (χ2v) is 4.58. The van der Waals surface area contributed by atoms with Crippen LogP contribution in [0.5, 0.6) is 0 Å². The molecule has 1 aromatic heterocycles. The lowest BCUT2D eigenvalue weighted by molar-refractivity contribution is -0.143. The minimum Gasteiger partial charge on any atom is -0.360 e. The Morgan fingerprint density at radius 3 is 2.57 bits per heavy atom. The number of aromatic nitrogens is 1. The van der Waals surface area contributed by atoms with Gasteiger partial charge in [-0.15, -0.1) is 0 Å². The molecule has 0 aliphatic carbocycles. The first kappa shape index (κ1) is 14.8. The fourth-order valence-electron chi connectivity index (χ4n) is 1.87. The summed E-state index contributed by atoms with van der Waals surface area (Å²) in [4.78, 5) is 25.5. The van der Waals surface area contributed by atoms with Gasteiger partial charge in [-0.1, -0.05) is 35.5 Å². The number of hydrogen-bond donors (Lipinski definition) is 1. The van der Waals surface area contributed by atoms with Gasteiger partial charge in [-0.2, -0.15) is 0 Å². The maximum atomic E-state index is 12.1. The van der Waals surface area contributed by atoms with Gasteiger partial charge >= 0.3 is 11.8 Å². The number of carbonyl (C=O) groups excluding carboxylic acids is 2. The van der Waals surface area contributed by atoms with Gasteiger partial charge in [-0.25, -0.2) is 0 Å². The van der Waals surface area contributed by atoms with Crippen molar-refractivity contribution < 1.29 is 14.1 Å². The van der Waals surface area contributed by atoms with Crippen LogP contribution in [-0.2, 0) is 16.1 Å². The molecule has 6 nitrogen and oxygen atoms in total. The topological polar surface area (TPSA) is 75.4 Å². The molecule has 1 heterocycles. The number of likely N-dealkylation sites (N-methyl/N-ethyl adjacent to an activating group) is 1. The molecule has 0 spiro atoms. The molecule has 2 aromatic rings. The van der Waals surface area contributed by atoms with E-state index in [0.717, 1.165) is 5.56 Å². The van der Waals surface area contributed by atoms with E-state index in [0.29, 0.717) is 18.8 Å². The number of rotatable bonds is 4. The average Bonchev–Trinajstić information content (AvgIpc) is 2.90. The first-order valence-electron chi connectivity index (χ1n) is 6.67. The molecule has 0 radical (unpaired) electrons. The van der Waals surface area contributed by atoms with Crippen LogP contribution in [0.3, 0.4) is 0 Å². The Morgan fingerprint density at radius 1 is 1.29 bits per heavy atom. The van der Waals surface area contributed by atoms with Gasteiger partial charge < -0.3 is 9.42 Å². The molecule has 0 fully saturated rings. The van der Waals surface area contributed by atoms with Crippen molar-refractivity contribution in [3.05, 3.63) is 47.7 Å². The minimum atomic E-state index is -0.721. The summed E-state index contributed by atoms with van der Waals surface area (Å²) in [5.41, 5.74) is 0.970. The summed E-state index contributed by atoms with van der Waals surface area (Å²) < 4.78 is 4.84. The van der Waals surface area contributed by atoms with Crippen LogP contribution in [0.4, 0.5) is 5.82 Å². The summed E-state index contributed by atoms with van der Waals surface area (Å²) in [6, 6.07) is 11.1. The molecular formula is C15H17N3O3. The van der Waals surface area contributed by atoms with Gasteiger partial charge in [0.2, 0.25) is 0 Å². The lowest BCUT2D eigenvalue weighted by Gasteiger charge is -2.19. The zero-order valence-electron chi connectivity index (χ0n) is 12.0. The molecule has 2 amide bonds. The largest absolute Gasteiger partial charge is 0.360 e. The van der Waals surface area contributed by atoms with E-state index >= 15 is 0 Å². The molecule has 110 valence electrons. The van der Waals surface area contributed by atoms with Crippen molar-refractivity contribution >= 4 is 17.6 Å². The lowest BCUT2D eigenvalue weighted by atomic mass is 10.2. The normalized spacial score (nSPS) is 10.2. The summed E-state index contributed by atoms with van der Waals surface area (Å²) in [5.74, 6) is -0.515. The maximum Gasteiger partial charge on any atom is 0.315 e.